The van der Waals surface area contributed by atoms with Gasteiger partial charge in [0.1, 0.15) is 0 Å². The fourth-order valence-corrected chi connectivity index (χ4v) is 6.44. The van der Waals surface area contributed by atoms with E-state index in [1.807, 2.05) is 12.1 Å². The van der Waals surface area contributed by atoms with Crippen molar-refractivity contribution in [3.63, 3.8) is 0 Å². The van der Waals surface area contributed by atoms with E-state index in [0.29, 0.717) is 5.78 Å². The highest BCUT2D eigenvalue weighted by Gasteiger charge is 2.40. The summed E-state index contributed by atoms with van der Waals surface area (Å²) in [7, 11) is 0. The van der Waals surface area contributed by atoms with Crippen LogP contribution in [0, 0.1) is 5.92 Å². The number of para-hydroxylation sites is 1. The number of nitrogens with one attached hydrogen (secondary N) is 1. The first-order chi connectivity index (χ1) is 16.9. The van der Waals surface area contributed by atoms with Crippen molar-refractivity contribution in [2.45, 2.75) is 82.0 Å². The van der Waals surface area contributed by atoms with Crippen LogP contribution in [0.15, 0.2) is 48.5 Å². The van der Waals surface area contributed by atoms with Crippen LogP contribution in [-0.4, -0.2) is 35.9 Å². The second-order valence-electron chi connectivity index (χ2n) is 10.6. The average Bonchev–Trinajstić information content (AvgIpc) is 2.89. The summed E-state index contributed by atoms with van der Waals surface area (Å²) in [5, 5.41) is 3.69. The average molecular weight is 485 g/mol. The number of likely N-dealkylation sites (tertiary alicyclic amines) is 1. The monoisotopic (exact) mass is 484 g/mol. The van der Waals surface area contributed by atoms with E-state index in [2.05, 4.69) is 28.4 Å². The quantitative estimate of drug-likeness (QED) is 0.505. The lowest BCUT2D eigenvalue weighted by molar-refractivity contribution is -0.137. The zero-order valence-electron chi connectivity index (χ0n) is 20.2. The third kappa shape index (κ3) is 5.42. The molecular formula is C29H35F3N2O. The molecule has 0 bridgehead atoms. The molecule has 188 valence electrons. The highest BCUT2D eigenvalue weighted by molar-refractivity contribution is 5.88. The molecule has 0 radical (unpaired) electrons. The Hall–Kier alpha value is -2.34. The first kappa shape index (κ1) is 24.4. The third-order valence-corrected chi connectivity index (χ3v) is 8.37. The Morgan fingerprint density at radius 2 is 1.66 bits per heavy atom. The van der Waals surface area contributed by atoms with Crippen LogP contribution in [0.4, 0.5) is 18.9 Å². The van der Waals surface area contributed by atoms with Crippen molar-refractivity contribution in [2.24, 2.45) is 5.92 Å². The molecule has 1 saturated heterocycles. The molecule has 2 atom stereocenters. The van der Waals surface area contributed by atoms with Gasteiger partial charge in [0.15, 0.2) is 5.78 Å². The van der Waals surface area contributed by atoms with Crippen LogP contribution in [-0.2, 0) is 17.4 Å². The van der Waals surface area contributed by atoms with Gasteiger partial charge in [0.2, 0.25) is 0 Å². The Morgan fingerprint density at radius 3 is 2.40 bits per heavy atom. The Morgan fingerprint density at radius 1 is 0.914 bits per heavy atom. The number of piperidine rings is 1. The van der Waals surface area contributed by atoms with Gasteiger partial charge in [-0.05, 0) is 80.8 Å². The van der Waals surface area contributed by atoms with Gasteiger partial charge in [-0.15, -0.1) is 0 Å². The lowest BCUT2D eigenvalue weighted by Crippen LogP contribution is -2.56. The Bertz CT molecular complexity index is 1020. The molecular weight excluding hydrogens is 449 g/mol. The van der Waals surface area contributed by atoms with Crippen molar-refractivity contribution in [2.75, 3.05) is 18.4 Å². The van der Waals surface area contributed by atoms with Gasteiger partial charge in [0.05, 0.1) is 11.6 Å². The summed E-state index contributed by atoms with van der Waals surface area (Å²) in [6, 6.07) is 14.0. The molecule has 5 rings (SSSR count). The molecule has 0 spiro atoms. The Kier molecular flexibility index (Phi) is 7.19. The standard InChI is InChI=1S/C29H35F3N2O/c30-29(31,32)24-11-6-10-23(19-24)20-15-17-34(18-16-20)27(28(35)22-8-2-1-3-9-22)26-14-13-21-7-4-5-12-25(21)33-26/h4-7,10-12,19-20,22,26-27,33H,1-3,8-9,13-18H2. The molecule has 1 N–H and O–H groups in total. The summed E-state index contributed by atoms with van der Waals surface area (Å²) < 4.78 is 39.7. The molecule has 35 heavy (non-hydrogen) atoms. The summed E-state index contributed by atoms with van der Waals surface area (Å²) in [4.78, 5) is 16.2. The lowest BCUT2D eigenvalue weighted by atomic mass is 9.79. The minimum atomic E-state index is -4.32. The maximum absolute atomic E-state index is 13.9. The highest BCUT2D eigenvalue weighted by atomic mass is 19.4. The van der Waals surface area contributed by atoms with Crippen LogP contribution in [0.2, 0.25) is 0 Å². The van der Waals surface area contributed by atoms with Gasteiger partial charge in [-0.25, -0.2) is 0 Å². The number of carbonyl (C=O) groups is 1. The number of alkyl halides is 3. The zero-order chi connectivity index (χ0) is 24.4. The molecule has 2 aromatic rings. The van der Waals surface area contributed by atoms with Crippen LogP contribution in [0.25, 0.3) is 0 Å². The highest BCUT2D eigenvalue weighted by Crippen LogP contribution is 2.37. The van der Waals surface area contributed by atoms with Gasteiger partial charge in [0, 0.05) is 17.6 Å². The van der Waals surface area contributed by atoms with E-state index in [-0.39, 0.29) is 23.9 Å². The van der Waals surface area contributed by atoms with Crippen LogP contribution >= 0.6 is 0 Å². The summed E-state index contributed by atoms with van der Waals surface area (Å²) in [6.07, 6.45) is 4.56. The van der Waals surface area contributed by atoms with Crippen LogP contribution in [0.5, 0.6) is 0 Å². The minimum absolute atomic E-state index is 0.0735. The number of fused-ring (bicyclic) bond motifs is 1. The lowest BCUT2D eigenvalue weighted by Gasteiger charge is -2.43. The fraction of sp³-hybridized carbons (Fsp3) is 0.552. The van der Waals surface area contributed by atoms with Crippen LogP contribution < -0.4 is 5.32 Å². The molecule has 1 saturated carbocycles. The molecule has 2 aliphatic heterocycles. The molecule has 3 nitrogen and oxygen atoms in total. The van der Waals surface area contributed by atoms with Gasteiger partial charge in [-0.1, -0.05) is 55.7 Å². The number of anilines is 1. The first-order valence-electron chi connectivity index (χ1n) is 13.2. The zero-order valence-corrected chi connectivity index (χ0v) is 20.2. The van der Waals surface area contributed by atoms with E-state index in [1.54, 1.807) is 0 Å². The second kappa shape index (κ2) is 10.3. The number of benzene rings is 2. The van der Waals surface area contributed by atoms with Crippen molar-refractivity contribution in [1.82, 2.24) is 4.90 Å². The van der Waals surface area contributed by atoms with Gasteiger partial charge < -0.3 is 5.32 Å². The van der Waals surface area contributed by atoms with Gasteiger partial charge >= 0.3 is 6.18 Å². The van der Waals surface area contributed by atoms with Crippen LogP contribution in [0.1, 0.15) is 74.0 Å². The van der Waals surface area contributed by atoms with E-state index in [1.165, 1.54) is 24.1 Å². The first-order valence-corrected chi connectivity index (χ1v) is 13.2. The van der Waals surface area contributed by atoms with Crippen LogP contribution in [0.3, 0.4) is 0 Å². The van der Waals surface area contributed by atoms with Crippen molar-refractivity contribution >= 4 is 11.5 Å². The van der Waals surface area contributed by atoms with Crippen molar-refractivity contribution in [1.29, 1.82) is 0 Å². The van der Waals surface area contributed by atoms with Gasteiger partial charge in [0.25, 0.3) is 0 Å². The minimum Gasteiger partial charge on any atom is -0.380 e. The Labute approximate surface area is 206 Å². The molecule has 2 heterocycles. The van der Waals surface area contributed by atoms with E-state index in [4.69, 9.17) is 0 Å². The number of Topliss-reactive ketones (excluding diaryl/α,β-unsaturated/α-hetero) is 1. The number of carbonyl (C=O) groups excluding carboxylic acids is 1. The largest absolute Gasteiger partial charge is 0.416 e. The van der Waals surface area contributed by atoms with Crippen molar-refractivity contribution in [3.8, 4) is 0 Å². The number of halogens is 3. The molecule has 3 aliphatic rings. The summed E-state index contributed by atoms with van der Waals surface area (Å²) >= 11 is 0. The fourth-order valence-electron chi connectivity index (χ4n) is 6.44. The molecule has 6 heteroatoms. The van der Waals surface area contributed by atoms with Gasteiger partial charge in [-0.2, -0.15) is 13.2 Å². The number of nitrogens with zero attached hydrogens (tertiary/aromatic N) is 1. The maximum atomic E-state index is 13.9. The number of hydrogen-bond donors (Lipinski definition) is 1. The van der Waals surface area contributed by atoms with E-state index < -0.39 is 11.7 Å². The smallest absolute Gasteiger partial charge is 0.380 e. The molecule has 0 aromatic heterocycles. The summed E-state index contributed by atoms with van der Waals surface area (Å²) in [5.41, 5.74) is 2.62. The number of aryl methyl sites for hydroxylation is 1. The molecule has 1 aliphatic carbocycles. The predicted octanol–water partition coefficient (Wildman–Crippen LogP) is 6.83. The van der Waals surface area contributed by atoms with Crippen molar-refractivity contribution < 1.29 is 18.0 Å². The van der Waals surface area contributed by atoms with Crippen molar-refractivity contribution in [3.05, 3.63) is 65.2 Å². The number of rotatable bonds is 5. The number of hydrogen-bond acceptors (Lipinski definition) is 3. The molecule has 2 fully saturated rings. The normalized spacial score (nSPS) is 23.3. The summed E-state index contributed by atoms with van der Waals surface area (Å²) in [5.74, 6) is 0.604. The van der Waals surface area contributed by atoms with E-state index in [9.17, 15) is 18.0 Å². The molecule has 0 amide bonds. The Balaban J connectivity index is 1.33. The molecule has 2 aromatic carbocycles. The van der Waals surface area contributed by atoms with Gasteiger partial charge in [-0.3, -0.25) is 9.69 Å². The number of ketones is 1. The predicted molar refractivity (Wildman–Crippen MR) is 133 cm³/mol. The third-order valence-electron chi connectivity index (χ3n) is 8.37. The second-order valence-corrected chi connectivity index (χ2v) is 10.6. The summed E-state index contributed by atoms with van der Waals surface area (Å²) in [6.45, 7) is 1.48. The topological polar surface area (TPSA) is 32.3 Å². The van der Waals surface area contributed by atoms with E-state index >= 15 is 0 Å². The SMILES string of the molecule is O=C(C1CCCCC1)C(C1CCc2ccccc2N1)N1CCC(c2cccc(C(F)(F)F)c2)CC1. The van der Waals surface area contributed by atoms with E-state index in [0.717, 1.165) is 81.8 Å². The maximum Gasteiger partial charge on any atom is 0.416 e. The molecule has 2 unspecified atom stereocenters.